The summed E-state index contributed by atoms with van der Waals surface area (Å²) in [6.45, 7) is -0.509. The summed E-state index contributed by atoms with van der Waals surface area (Å²) in [7, 11) is -2.61. The second kappa shape index (κ2) is 13.3. The van der Waals surface area contributed by atoms with Crippen LogP contribution in [0.2, 0.25) is 5.02 Å². The van der Waals surface area contributed by atoms with Crippen LogP contribution in [0.4, 0.5) is 5.69 Å². The minimum absolute atomic E-state index is 0.0114. The molecule has 1 N–H and O–H groups in total. The summed E-state index contributed by atoms with van der Waals surface area (Å²) in [6, 6.07) is 31.9. The summed E-state index contributed by atoms with van der Waals surface area (Å²) in [5.74, 6) is -0.922. The van der Waals surface area contributed by atoms with E-state index in [4.69, 9.17) is 11.6 Å². The van der Waals surface area contributed by atoms with E-state index < -0.39 is 28.5 Å². The van der Waals surface area contributed by atoms with Crippen LogP contribution >= 0.6 is 11.6 Å². The molecule has 40 heavy (non-hydrogen) atoms. The van der Waals surface area contributed by atoms with E-state index in [0.717, 1.165) is 9.87 Å². The molecule has 2 amide bonds. The Labute approximate surface area is 240 Å². The average molecular weight is 576 g/mol. The Balaban J connectivity index is 1.77. The largest absolute Gasteiger partial charge is 0.357 e. The Morgan fingerprint density at radius 1 is 0.800 bits per heavy atom. The van der Waals surface area contributed by atoms with Gasteiger partial charge in [-0.2, -0.15) is 0 Å². The number of carbonyl (C=O) groups excluding carboxylic acids is 2. The van der Waals surface area contributed by atoms with Gasteiger partial charge in [-0.25, -0.2) is 8.42 Å². The van der Waals surface area contributed by atoms with Crippen molar-refractivity contribution in [3.8, 4) is 0 Å². The number of benzene rings is 4. The number of sulfonamides is 1. The van der Waals surface area contributed by atoms with Gasteiger partial charge in [0.25, 0.3) is 10.0 Å². The fraction of sp³-hybridized carbons (Fsp3) is 0.161. The summed E-state index contributed by atoms with van der Waals surface area (Å²) in [6.07, 6.45) is 0.230. The molecule has 0 radical (unpaired) electrons. The van der Waals surface area contributed by atoms with Crippen LogP contribution < -0.4 is 9.62 Å². The first-order valence-electron chi connectivity index (χ1n) is 12.7. The topological polar surface area (TPSA) is 86.8 Å². The molecule has 0 aliphatic heterocycles. The lowest BCUT2D eigenvalue weighted by Crippen LogP contribution is -2.53. The SMILES string of the molecule is CNC(=O)C(Cc1ccccc1)N(Cc1ccccc1Cl)C(=O)CN(c1ccccc1)S(=O)(=O)c1ccccc1. The standard InChI is InChI=1S/C31H30ClN3O4S/c1-33-31(37)29(21-24-13-5-2-6-14-24)34(22-25-15-11-12-20-28(25)32)30(36)23-35(26-16-7-3-8-17-26)40(38,39)27-18-9-4-10-19-27/h2-20,29H,21-23H2,1H3,(H,33,37). The summed E-state index contributed by atoms with van der Waals surface area (Å²) in [4.78, 5) is 28.9. The highest BCUT2D eigenvalue weighted by Gasteiger charge is 2.34. The normalized spacial score (nSPS) is 11.8. The van der Waals surface area contributed by atoms with Crippen molar-refractivity contribution in [2.24, 2.45) is 0 Å². The van der Waals surface area contributed by atoms with Crippen molar-refractivity contribution in [1.29, 1.82) is 0 Å². The summed E-state index contributed by atoms with van der Waals surface area (Å²) in [5, 5.41) is 3.10. The fourth-order valence-corrected chi connectivity index (χ4v) is 6.00. The van der Waals surface area contributed by atoms with E-state index in [1.54, 1.807) is 72.8 Å². The van der Waals surface area contributed by atoms with Gasteiger partial charge in [-0.05, 0) is 41.5 Å². The van der Waals surface area contributed by atoms with E-state index in [9.17, 15) is 18.0 Å². The van der Waals surface area contributed by atoms with Crippen molar-refractivity contribution in [2.75, 3.05) is 17.9 Å². The summed E-state index contributed by atoms with van der Waals surface area (Å²) < 4.78 is 28.7. The Morgan fingerprint density at radius 3 is 1.95 bits per heavy atom. The van der Waals surface area contributed by atoms with Gasteiger partial charge in [-0.15, -0.1) is 0 Å². The van der Waals surface area contributed by atoms with Crippen LogP contribution in [-0.2, 0) is 32.6 Å². The minimum Gasteiger partial charge on any atom is -0.357 e. The summed E-state index contributed by atoms with van der Waals surface area (Å²) in [5.41, 5.74) is 1.82. The highest BCUT2D eigenvalue weighted by molar-refractivity contribution is 7.92. The molecule has 0 aliphatic carbocycles. The maximum atomic E-state index is 14.2. The third-order valence-corrected chi connectivity index (χ3v) is 8.63. The molecule has 206 valence electrons. The van der Waals surface area contributed by atoms with E-state index >= 15 is 0 Å². The molecule has 4 aromatic carbocycles. The number of halogens is 1. The van der Waals surface area contributed by atoms with Crippen LogP contribution in [0.3, 0.4) is 0 Å². The van der Waals surface area contributed by atoms with Gasteiger partial charge < -0.3 is 10.2 Å². The van der Waals surface area contributed by atoms with Crippen molar-refractivity contribution in [2.45, 2.75) is 23.9 Å². The molecule has 4 aromatic rings. The maximum Gasteiger partial charge on any atom is 0.264 e. The van der Waals surface area contributed by atoms with Crippen molar-refractivity contribution >= 4 is 39.1 Å². The second-order valence-electron chi connectivity index (χ2n) is 9.09. The van der Waals surface area contributed by atoms with Crippen LogP contribution in [0.15, 0.2) is 120 Å². The number of anilines is 1. The Hall–Kier alpha value is -4.14. The number of hydrogen-bond acceptors (Lipinski definition) is 4. The number of nitrogens with zero attached hydrogens (tertiary/aromatic N) is 2. The van der Waals surface area contributed by atoms with E-state index in [1.165, 1.54) is 24.1 Å². The van der Waals surface area contributed by atoms with E-state index in [1.807, 2.05) is 30.3 Å². The van der Waals surface area contributed by atoms with Crippen molar-refractivity contribution in [3.63, 3.8) is 0 Å². The van der Waals surface area contributed by atoms with Gasteiger partial charge in [0.2, 0.25) is 11.8 Å². The third-order valence-electron chi connectivity index (χ3n) is 6.47. The smallest absolute Gasteiger partial charge is 0.264 e. The lowest BCUT2D eigenvalue weighted by Gasteiger charge is -2.33. The predicted molar refractivity (Wildman–Crippen MR) is 157 cm³/mol. The van der Waals surface area contributed by atoms with Crippen LogP contribution in [-0.4, -0.2) is 44.8 Å². The molecule has 1 unspecified atom stereocenters. The van der Waals surface area contributed by atoms with E-state index in [0.29, 0.717) is 16.3 Å². The average Bonchev–Trinajstić information content (AvgIpc) is 2.99. The number of likely N-dealkylation sites (N-methyl/N-ethyl adjacent to an activating group) is 1. The van der Waals surface area contributed by atoms with Gasteiger partial charge in [0.05, 0.1) is 10.6 Å². The number of rotatable bonds is 11. The number of hydrogen-bond donors (Lipinski definition) is 1. The zero-order valence-electron chi connectivity index (χ0n) is 22.0. The van der Waals surface area contributed by atoms with Crippen LogP contribution in [0.25, 0.3) is 0 Å². The molecule has 0 bridgehead atoms. The minimum atomic E-state index is -4.11. The molecule has 0 aliphatic rings. The first-order chi connectivity index (χ1) is 19.3. The van der Waals surface area contributed by atoms with Crippen molar-refractivity contribution < 1.29 is 18.0 Å². The van der Waals surface area contributed by atoms with Gasteiger partial charge in [0, 0.05) is 25.0 Å². The van der Waals surface area contributed by atoms with Gasteiger partial charge in [0.1, 0.15) is 12.6 Å². The zero-order chi connectivity index (χ0) is 28.5. The molecule has 4 rings (SSSR count). The quantitative estimate of drug-likeness (QED) is 0.275. The van der Waals surface area contributed by atoms with Gasteiger partial charge >= 0.3 is 0 Å². The third kappa shape index (κ3) is 6.89. The fourth-order valence-electron chi connectivity index (χ4n) is 4.37. The number of para-hydroxylation sites is 1. The molecule has 0 spiro atoms. The lowest BCUT2D eigenvalue weighted by molar-refractivity contribution is -0.139. The highest BCUT2D eigenvalue weighted by Crippen LogP contribution is 2.25. The molecule has 0 heterocycles. The van der Waals surface area contributed by atoms with Gasteiger partial charge in [-0.1, -0.05) is 96.5 Å². The number of carbonyl (C=O) groups is 2. The van der Waals surface area contributed by atoms with Crippen LogP contribution in [0.1, 0.15) is 11.1 Å². The van der Waals surface area contributed by atoms with Gasteiger partial charge in [0.15, 0.2) is 0 Å². The van der Waals surface area contributed by atoms with E-state index in [2.05, 4.69) is 5.32 Å². The molecule has 1 atom stereocenters. The zero-order valence-corrected chi connectivity index (χ0v) is 23.6. The van der Waals surface area contributed by atoms with Crippen LogP contribution in [0.5, 0.6) is 0 Å². The molecule has 9 heteroatoms. The molecule has 7 nitrogen and oxygen atoms in total. The lowest BCUT2D eigenvalue weighted by atomic mass is 10.0. The first-order valence-corrected chi connectivity index (χ1v) is 14.5. The number of amides is 2. The summed E-state index contributed by atoms with van der Waals surface area (Å²) >= 11 is 6.46. The Kier molecular flexibility index (Phi) is 9.58. The monoisotopic (exact) mass is 575 g/mol. The second-order valence-corrected chi connectivity index (χ2v) is 11.4. The molecule has 0 saturated heterocycles. The Bertz CT molecular complexity index is 1530. The first kappa shape index (κ1) is 28.9. The van der Waals surface area contributed by atoms with Crippen molar-refractivity contribution in [1.82, 2.24) is 10.2 Å². The van der Waals surface area contributed by atoms with E-state index in [-0.39, 0.29) is 23.8 Å². The Morgan fingerprint density at radius 2 is 1.35 bits per heavy atom. The van der Waals surface area contributed by atoms with Crippen molar-refractivity contribution in [3.05, 3.63) is 131 Å². The maximum absolute atomic E-state index is 14.2. The van der Waals surface area contributed by atoms with Crippen LogP contribution in [0, 0.1) is 0 Å². The van der Waals surface area contributed by atoms with Gasteiger partial charge in [-0.3, -0.25) is 13.9 Å². The molecular weight excluding hydrogens is 546 g/mol. The highest BCUT2D eigenvalue weighted by atomic mass is 35.5. The molecular formula is C31H30ClN3O4S. The number of nitrogens with one attached hydrogen (secondary N) is 1. The molecule has 0 saturated carbocycles. The molecule has 0 fully saturated rings. The predicted octanol–water partition coefficient (Wildman–Crippen LogP) is 4.92. The molecule has 0 aromatic heterocycles.